The number of carboxylic acid groups (broad SMARTS) is 1. The molecular weight excluding hydrogens is 298 g/mol. The Morgan fingerprint density at radius 3 is 2.70 bits per heavy atom. The molecule has 0 saturated carbocycles. The van der Waals surface area contributed by atoms with Gasteiger partial charge in [-0.3, -0.25) is 9.59 Å². The van der Waals surface area contributed by atoms with Gasteiger partial charge in [-0.2, -0.15) is 0 Å². The molecule has 1 aromatic rings. The van der Waals surface area contributed by atoms with Gasteiger partial charge < -0.3 is 9.84 Å². The van der Waals surface area contributed by atoms with Crippen LogP contribution in [-0.4, -0.2) is 40.6 Å². The highest BCUT2D eigenvalue weighted by molar-refractivity contribution is 5.96. The van der Waals surface area contributed by atoms with Crippen molar-refractivity contribution in [1.82, 2.24) is 4.90 Å². The summed E-state index contributed by atoms with van der Waals surface area (Å²) in [5.41, 5.74) is 0.979. The molecule has 1 saturated heterocycles. The minimum absolute atomic E-state index is 0.118. The second kappa shape index (κ2) is 7.58. The fourth-order valence-corrected chi connectivity index (χ4v) is 2.65. The average molecular weight is 317 g/mol. The molecule has 2 atom stereocenters. The Morgan fingerprint density at radius 2 is 2.09 bits per heavy atom. The Kier molecular flexibility index (Phi) is 5.51. The molecule has 0 spiro atoms. The van der Waals surface area contributed by atoms with E-state index in [0.29, 0.717) is 6.42 Å². The smallest absolute Gasteiger partial charge is 0.416 e. The van der Waals surface area contributed by atoms with E-state index >= 15 is 0 Å². The Hall–Kier alpha value is -2.63. The number of hydrogen-bond acceptors (Lipinski definition) is 4. The van der Waals surface area contributed by atoms with Crippen molar-refractivity contribution in [1.29, 1.82) is 0 Å². The van der Waals surface area contributed by atoms with Gasteiger partial charge in [-0.15, -0.1) is 6.58 Å². The zero-order valence-corrected chi connectivity index (χ0v) is 12.7. The number of cyclic esters (lactones) is 1. The lowest BCUT2D eigenvalue weighted by Crippen LogP contribution is -2.44. The van der Waals surface area contributed by atoms with Crippen LogP contribution >= 0.6 is 0 Å². The van der Waals surface area contributed by atoms with E-state index in [9.17, 15) is 14.4 Å². The van der Waals surface area contributed by atoms with E-state index in [4.69, 9.17) is 9.84 Å². The SMILES string of the molecule is C=CCC(CC(=O)O)C(=O)N1C(=O)OCC1Cc1ccccc1. The fraction of sp³-hybridized carbons (Fsp3) is 0.353. The van der Waals surface area contributed by atoms with Crippen LogP contribution in [0.15, 0.2) is 43.0 Å². The van der Waals surface area contributed by atoms with Crippen molar-refractivity contribution >= 4 is 18.0 Å². The maximum Gasteiger partial charge on any atom is 0.416 e. The fourth-order valence-electron chi connectivity index (χ4n) is 2.65. The maximum atomic E-state index is 12.6. The Morgan fingerprint density at radius 1 is 1.39 bits per heavy atom. The first-order valence-corrected chi connectivity index (χ1v) is 7.39. The van der Waals surface area contributed by atoms with E-state index in [1.165, 1.54) is 6.08 Å². The Labute approximate surface area is 134 Å². The number of hydrogen-bond donors (Lipinski definition) is 1. The van der Waals surface area contributed by atoms with Crippen LogP contribution < -0.4 is 0 Å². The zero-order chi connectivity index (χ0) is 16.8. The number of rotatable bonds is 7. The molecule has 6 heteroatoms. The second-order valence-electron chi connectivity index (χ2n) is 5.45. The summed E-state index contributed by atoms with van der Waals surface area (Å²) >= 11 is 0. The van der Waals surface area contributed by atoms with Gasteiger partial charge in [0.2, 0.25) is 5.91 Å². The van der Waals surface area contributed by atoms with E-state index in [1.54, 1.807) is 0 Å². The van der Waals surface area contributed by atoms with Gasteiger partial charge >= 0.3 is 12.1 Å². The molecule has 0 radical (unpaired) electrons. The average Bonchev–Trinajstić information content (AvgIpc) is 2.87. The zero-order valence-electron chi connectivity index (χ0n) is 12.7. The van der Waals surface area contributed by atoms with Crippen LogP contribution in [0.1, 0.15) is 18.4 Å². The Balaban J connectivity index is 2.15. The van der Waals surface area contributed by atoms with Crippen molar-refractivity contribution in [3.63, 3.8) is 0 Å². The topological polar surface area (TPSA) is 83.9 Å². The summed E-state index contributed by atoms with van der Waals surface area (Å²) in [7, 11) is 0. The van der Waals surface area contributed by atoms with E-state index in [-0.39, 0.29) is 19.4 Å². The molecular formula is C17H19NO5. The maximum absolute atomic E-state index is 12.6. The van der Waals surface area contributed by atoms with Crippen molar-refractivity contribution in [3.8, 4) is 0 Å². The number of carbonyl (C=O) groups excluding carboxylic acids is 2. The normalized spacial score (nSPS) is 18.3. The summed E-state index contributed by atoms with van der Waals surface area (Å²) in [6.07, 6.45) is 1.11. The van der Waals surface area contributed by atoms with Crippen LogP contribution in [0.25, 0.3) is 0 Å². The van der Waals surface area contributed by atoms with Crippen LogP contribution in [-0.2, 0) is 20.7 Å². The summed E-state index contributed by atoms with van der Waals surface area (Å²) in [4.78, 5) is 36.5. The van der Waals surface area contributed by atoms with Gasteiger partial charge in [0.05, 0.1) is 18.4 Å². The molecule has 1 N–H and O–H groups in total. The molecule has 23 heavy (non-hydrogen) atoms. The first-order chi connectivity index (χ1) is 11.0. The summed E-state index contributed by atoms with van der Waals surface area (Å²) < 4.78 is 5.00. The molecule has 1 aliphatic heterocycles. The molecule has 2 amide bonds. The minimum Gasteiger partial charge on any atom is -0.481 e. The summed E-state index contributed by atoms with van der Waals surface area (Å²) in [5, 5.41) is 8.95. The predicted octanol–water partition coefficient (Wildman–Crippen LogP) is 2.24. The first-order valence-electron chi connectivity index (χ1n) is 7.39. The Bertz CT molecular complexity index is 598. The standard InChI is InChI=1S/C17H19NO5/c1-2-6-13(10-15(19)20)16(21)18-14(11-23-17(18)22)9-12-7-4-3-5-8-12/h2-5,7-8,13-14H,1,6,9-11H2,(H,19,20). The predicted molar refractivity (Wildman–Crippen MR) is 82.7 cm³/mol. The largest absolute Gasteiger partial charge is 0.481 e. The second-order valence-corrected chi connectivity index (χ2v) is 5.45. The van der Waals surface area contributed by atoms with E-state index in [0.717, 1.165) is 10.5 Å². The van der Waals surface area contributed by atoms with Crippen LogP contribution in [0, 0.1) is 5.92 Å². The number of amides is 2. The first kappa shape index (κ1) is 16.7. The number of allylic oxidation sites excluding steroid dienone is 1. The number of nitrogens with zero attached hydrogens (tertiary/aromatic N) is 1. The van der Waals surface area contributed by atoms with Gasteiger partial charge in [0.15, 0.2) is 0 Å². The highest BCUT2D eigenvalue weighted by Crippen LogP contribution is 2.23. The number of carboxylic acids is 1. The molecule has 1 aliphatic rings. The van der Waals surface area contributed by atoms with Gasteiger partial charge in [-0.1, -0.05) is 36.4 Å². The third kappa shape index (κ3) is 4.18. The summed E-state index contributed by atoms with van der Waals surface area (Å²) in [5.74, 6) is -2.41. The number of carbonyl (C=O) groups is 3. The molecule has 0 aliphatic carbocycles. The lowest BCUT2D eigenvalue weighted by Gasteiger charge is -2.23. The molecule has 122 valence electrons. The third-order valence-corrected chi connectivity index (χ3v) is 3.73. The van der Waals surface area contributed by atoms with Crippen LogP contribution in [0.4, 0.5) is 4.79 Å². The molecule has 1 heterocycles. The molecule has 0 bridgehead atoms. The van der Waals surface area contributed by atoms with Crippen molar-refractivity contribution < 1.29 is 24.2 Å². The number of imide groups is 1. The number of aliphatic carboxylic acids is 1. The van der Waals surface area contributed by atoms with E-state index < -0.39 is 29.9 Å². The van der Waals surface area contributed by atoms with Crippen molar-refractivity contribution in [2.24, 2.45) is 5.92 Å². The summed E-state index contributed by atoms with van der Waals surface area (Å²) in [6, 6.07) is 9.04. The van der Waals surface area contributed by atoms with Crippen LogP contribution in [0.3, 0.4) is 0 Å². The van der Waals surface area contributed by atoms with Gasteiger partial charge in [-0.05, 0) is 18.4 Å². The van der Waals surface area contributed by atoms with Gasteiger partial charge in [0, 0.05) is 0 Å². The van der Waals surface area contributed by atoms with Crippen molar-refractivity contribution in [2.45, 2.75) is 25.3 Å². The molecule has 1 aromatic carbocycles. The van der Waals surface area contributed by atoms with Crippen molar-refractivity contribution in [2.75, 3.05) is 6.61 Å². The molecule has 1 fully saturated rings. The van der Waals surface area contributed by atoms with Gasteiger partial charge in [0.25, 0.3) is 0 Å². The van der Waals surface area contributed by atoms with Crippen LogP contribution in [0.2, 0.25) is 0 Å². The number of ether oxygens (including phenoxy) is 1. The van der Waals surface area contributed by atoms with Crippen molar-refractivity contribution in [3.05, 3.63) is 48.6 Å². The van der Waals surface area contributed by atoms with Gasteiger partial charge in [0.1, 0.15) is 6.61 Å². The monoisotopic (exact) mass is 317 g/mol. The van der Waals surface area contributed by atoms with E-state index in [2.05, 4.69) is 6.58 Å². The van der Waals surface area contributed by atoms with E-state index in [1.807, 2.05) is 30.3 Å². The van der Waals surface area contributed by atoms with Gasteiger partial charge in [-0.25, -0.2) is 9.69 Å². The minimum atomic E-state index is -1.09. The summed E-state index contributed by atoms with van der Waals surface area (Å²) in [6.45, 7) is 3.66. The quantitative estimate of drug-likeness (QED) is 0.780. The highest BCUT2D eigenvalue weighted by atomic mass is 16.6. The highest BCUT2D eigenvalue weighted by Gasteiger charge is 2.40. The molecule has 2 unspecified atom stereocenters. The lowest BCUT2D eigenvalue weighted by atomic mass is 9.98. The third-order valence-electron chi connectivity index (χ3n) is 3.73. The van der Waals surface area contributed by atoms with Crippen LogP contribution in [0.5, 0.6) is 0 Å². The molecule has 0 aromatic heterocycles. The number of benzene rings is 1. The molecule has 2 rings (SSSR count). The molecule has 6 nitrogen and oxygen atoms in total. The lowest BCUT2D eigenvalue weighted by molar-refractivity contribution is -0.143.